The summed E-state index contributed by atoms with van der Waals surface area (Å²) >= 11 is 6.39. The zero-order valence-corrected chi connectivity index (χ0v) is 25.7. The summed E-state index contributed by atoms with van der Waals surface area (Å²) in [6.45, 7) is 0.981. The number of aryl methyl sites for hydroxylation is 1. The second-order valence-electron chi connectivity index (χ2n) is 10.4. The predicted molar refractivity (Wildman–Crippen MR) is 159 cm³/mol. The van der Waals surface area contributed by atoms with Crippen molar-refractivity contribution in [3.63, 3.8) is 0 Å². The van der Waals surface area contributed by atoms with E-state index in [4.69, 9.17) is 11.6 Å². The summed E-state index contributed by atoms with van der Waals surface area (Å²) in [4.78, 5) is 28.0. The first-order valence-corrected chi connectivity index (χ1v) is 14.4. The molecular weight excluding hydrogens is 682 g/mol. The van der Waals surface area contributed by atoms with Crippen molar-refractivity contribution in [3.8, 4) is 17.5 Å². The minimum atomic E-state index is -4.91. The number of ketones is 1. The van der Waals surface area contributed by atoms with E-state index < -0.39 is 42.2 Å². The Balaban J connectivity index is 1.45. The second-order valence-corrected chi connectivity index (χ2v) is 10.8. The predicted octanol–water partition coefficient (Wildman–Crippen LogP) is 6.01. The maximum atomic E-state index is 13.9. The largest absolute Gasteiger partial charge is 0.573 e. The fourth-order valence-electron chi connectivity index (χ4n) is 4.78. The van der Waals surface area contributed by atoms with Crippen molar-refractivity contribution in [3.05, 3.63) is 117 Å². The average Bonchev–Trinajstić information content (AvgIpc) is 3.68. The molecule has 0 unspecified atom stereocenters. The molecular formula is C31H21ClF6N8O3. The van der Waals surface area contributed by atoms with Gasteiger partial charge in [-0.25, -0.2) is 4.68 Å². The van der Waals surface area contributed by atoms with Gasteiger partial charge in [-0.1, -0.05) is 35.9 Å². The van der Waals surface area contributed by atoms with Crippen molar-refractivity contribution in [2.45, 2.75) is 39.0 Å². The Morgan fingerprint density at radius 1 is 1.00 bits per heavy atom. The summed E-state index contributed by atoms with van der Waals surface area (Å²) in [5, 5.41) is 26.4. The molecule has 18 heteroatoms. The lowest BCUT2D eigenvalue weighted by Crippen LogP contribution is -2.25. The molecule has 0 saturated heterocycles. The van der Waals surface area contributed by atoms with Gasteiger partial charge in [0, 0.05) is 18.5 Å². The average molecular weight is 703 g/mol. The molecule has 49 heavy (non-hydrogen) atoms. The molecule has 0 radical (unpaired) electrons. The highest BCUT2D eigenvalue weighted by Gasteiger charge is 2.37. The molecule has 0 saturated carbocycles. The number of nitrogens with zero attached hydrogens (tertiary/aromatic N) is 7. The Hall–Kier alpha value is -5.76. The molecule has 0 spiro atoms. The van der Waals surface area contributed by atoms with Crippen LogP contribution in [-0.2, 0) is 25.7 Å². The number of nitriles is 1. The van der Waals surface area contributed by atoms with Crippen LogP contribution in [-0.4, -0.2) is 48.0 Å². The Morgan fingerprint density at radius 2 is 1.76 bits per heavy atom. The van der Waals surface area contributed by atoms with E-state index in [1.807, 2.05) is 6.07 Å². The van der Waals surface area contributed by atoms with Crippen molar-refractivity contribution >= 4 is 23.3 Å². The highest BCUT2D eigenvalue weighted by Crippen LogP contribution is 2.27. The van der Waals surface area contributed by atoms with Gasteiger partial charge in [0.1, 0.15) is 18.0 Å². The summed E-state index contributed by atoms with van der Waals surface area (Å²) in [5.41, 5.74) is 1.31. The lowest BCUT2D eigenvalue weighted by molar-refractivity contribution is -0.274. The number of Topliss-reactive ketones (excluding diaryl/α,β-unsaturated/α-hetero) is 1. The first kappa shape index (κ1) is 34.6. The SMILES string of the molecule is Cc1cc(C#N)cc(C(=O)NCc2cccc(OC(F)(F)F)c2)c1CC(=O)c1cc(Cn2nnc(C(F)(F)F)n2)nn1-c1ccccc1Cl. The molecule has 1 amide bonds. The lowest BCUT2D eigenvalue weighted by atomic mass is 9.93. The molecule has 5 aromatic rings. The molecule has 252 valence electrons. The summed E-state index contributed by atoms with van der Waals surface area (Å²) in [6.07, 6.45) is -10.1. The van der Waals surface area contributed by atoms with Crippen LogP contribution in [0.15, 0.2) is 66.7 Å². The van der Waals surface area contributed by atoms with Crippen molar-refractivity contribution in [1.29, 1.82) is 5.26 Å². The van der Waals surface area contributed by atoms with Gasteiger partial charge in [-0.15, -0.1) is 23.4 Å². The Morgan fingerprint density at radius 3 is 2.43 bits per heavy atom. The van der Waals surface area contributed by atoms with Gasteiger partial charge in [0.25, 0.3) is 11.7 Å². The topological polar surface area (TPSA) is 141 Å². The number of hydrogen-bond acceptors (Lipinski definition) is 8. The molecule has 0 aliphatic carbocycles. The van der Waals surface area contributed by atoms with E-state index in [0.29, 0.717) is 10.4 Å². The molecule has 1 N–H and O–H groups in total. The van der Waals surface area contributed by atoms with E-state index >= 15 is 0 Å². The molecule has 2 aromatic heterocycles. The second kappa shape index (κ2) is 13.8. The van der Waals surface area contributed by atoms with E-state index in [-0.39, 0.29) is 57.4 Å². The lowest BCUT2D eigenvalue weighted by Gasteiger charge is -2.15. The zero-order valence-electron chi connectivity index (χ0n) is 25.0. The number of amides is 1. The molecule has 0 aliphatic rings. The number of aromatic nitrogens is 6. The van der Waals surface area contributed by atoms with Gasteiger partial charge in [0.15, 0.2) is 5.78 Å². The van der Waals surface area contributed by atoms with Crippen LogP contribution in [0.4, 0.5) is 26.3 Å². The number of carbonyl (C=O) groups is 2. The van der Waals surface area contributed by atoms with E-state index in [9.17, 15) is 41.2 Å². The monoisotopic (exact) mass is 702 g/mol. The molecule has 0 aliphatic heterocycles. The van der Waals surface area contributed by atoms with Crippen LogP contribution in [0, 0.1) is 18.3 Å². The van der Waals surface area contributed by atoms with Gasteiger partial charge in [0.05, 0.1) is 28.0 Å². The number of hydrogen-bond donors (Lipinski definition) is 1. The minimum Gasteiger partial charge on any atom is -0.406 e. The molecule has 2 heterocycles. The third-order valence-corrected chi connectivity index (χ3v) is 7.22. The number of rotatable bonds is 10. The third-order valence-electron chi connectivity index (χ3n) is 6.91. The molecule has 0 bridgehead atoms. The molecule has 0 atom stereocenters. The maximum Gasteiger partial charge on any atom is 0.573 e. The van der Waals surface area contributed by atoms with Gasteiger partial charge < -0.3 is 10.1 Å². The Kier molecular flexibility index (Phi) is 9.71. The van der Waals surface area contributed by atoms with E-state index in [2.05, 4.69) is 30.6 Å². The van der Waals surface area contributed by atoms with E-state index in [0.717, 1.165) is 12.1 Å². The maximum absolute atomic E-state index is 13.9. The van der Waals surface area contributed by atoms with Gasteiger partial charge >= 0.3 is 12.5 Å². The zero-order chi connectivity index (χ0) is 35.5. The van der Waals surface area contributed by atoms with Crippen LogP contribution < -0.4 is 10.1 Å². The standard InChI is InChI=1S/C31H21ClF6N8O3/c1-17-9-19(14-39)11-23(28(48)40-15-18-5-4-6-21(10-18)49-31(36,37)38)22(17)13-27(47)26-12-20(16-45-43-29(41-44-45)30(33,34)35)42-46(26)25-8-3-2-7-24(25)32/h2-12H,13,15-16H2,1H3,(H,40,48). The minimum absolute atomic E-state index is 0.0388. The number of alkyl halides is 6. The highest BCUT2D eigenvalue weighted by molar-refractivity contribution is 6.32. The number of nitrogens with one attached hydrogen (secondary N) is 1. The van der Waals surface area contributed by atoms with Crippen LogP contribution >= 0.6 is 11.6 Å². The first-order chi connectivity index (χ1) is 23.1. The van der Waals surface area contributed by atoms with Gasteiger partial charge in [0.2, 0.25) is 0 Å². The number of ether oxygens (including phenoxy) is 1. The number of benzene rings is 3. The van der Waals surface area contributed by atoms with Crippen LogP contribution in [0.2, 0.25) is 5.02 Å². The first-order valence-electron chi connectivity index (χ1n) is 14.0. The number of halogens is 7. The van der Waals surface area contributed by atoms with Crippen molar-refractivity contribution < 1.29 is 40.7 Å². The van der Waals surface area contributed by atoms with E-state index in [1.54, 1.807) is 31.2 Å². The summed E-state index contributed by atoms with van der Waals surface area (Å²) < 4.78 is 82.2. The van der Waals surface area contributed by atoms with Crippen molar-refractivity contribution in [1.82, 2.24) is 35.3 Å². The fourth-order valence-corrected chi connectivity index (χ4v) is 5.00. The van der Waals surface area contributed by atoms with Crippen molar-refractivity contribution in [2.75, 3.05) is 0 Å². The summed E-state index contributed by atoms with van der Waals surface area (Å²) in [6, 6.07) is 17.4. The van der Waals surface area contributed by atoms with Crippen LogP contribution in [0.5, 0.6) is 5.75 Å². The van der Waals surface area contributed by atoms with Crippen LogP contribution in [0.1, 0.15) is 54.6 Å². The van der Waals surface area contributed by atoms with Crippen molar-refractivity contribution in [2.24, 2.45) is 0 Å². The summed E-state index contributed by atoms with van der Waals surface area (Å²) in [7, 11) is 0. The van der Waals surface area contributed by atoms with E-state index in [1.165, 1.54) is 35.0 Å². The normalized spacial score (nSPS) is 11.7. The number of carbonyl (C=O) groups excluding carboxylic acids is 2. The molecule has 0 fully saturated rings. The third kappa shape index (κ3) is 8.40. The molecule has 11 nitrogen and oxygen atoms in total. The summed E-state index contributed by atoms with van der Waals surface area (Å²) in [5.74, 6) is -3.25. The highest BCUT2D eigenvalue weighted by atomic mass is 35.5. The van der Waals surface area contributed by atoms with Gasteiger partial charge in [-0.3, -0.25) is 9.59 Å². The Labute approximate surface area is 277 Å². The molecule has 5 rings (SSSR count). The number of para-hydroxylation sites is 1. The Bertz CT molecular complexity index is 2080. The fraction of sp³-hybridized carbons (Fsp3) is 0.194. The van der Waals surface area contributed by atoms with Gasteiger partial charge in [-0.2, -0.15) is 28.3 Å². The number of tetrazole rings is 1. The van der Waals surface area contributed by atoms with Crippen LogP contribution in [0.3, 0.4) is 0 Å². The van der Waals surface area contributed by atoms with Crippen LogP contribution in [0.25, 0.3) is 5.69 Å². The molecule has 3 aromatic carbocycles. The quantitative estimate of drug-likeness (QED) is 0.138. The smallest absolute Gasteiger partial charge is 0.406 e. The van der Waals surface area contributed by atoms with Gasteiger partial charge in [-0.05, 0) is 71.3 Å².